The van der Waals surface area contributed by atoms with Crippen LogP contribution in [0.25, 0.3) is 11.3 Å². The second-order valence-electron chi connectivity index (χ2n) is 5.01. The van der Waals surface area contributed by atoms with Crippen LogP contribution in [0.3, 0.4) is 0 Å². The van der Waals surface area contributed by atoms with E-state index in [-0.39, 0.29) is 29.3 Å². The van der Waals surface area contributed by atoms with Crippen LogP contribution in [-0.4, -0.2) is 32.6 Å². The number of aromatic nitrogens is 4. The third-order valence-corrected chi connectivity index (χ3v) is 3.32. The maximum absolute atomic E-state index is 14.7. The molecule has 3 N–H and O–H groups in total. The molecule has 0 atom stereocenters. The number of nitriles is 1. The minimum atomic E-state index is -0.949. The summed E-state index contributed by atoms with van der Waals surface area (Å²) in [5.41, 5.74) is -0.295. The molecule has 2 aromatic heterocycles. The smallest absolute Gasteiger partial charge is 0.255 e. The van der Waals surface area contributed by atoms with Crippen molar-refractivity contribution < 1.29 is 13.6 Å². The summed E-state index contributed by atoms with van der Waals surface area (Å²) in [6.07, 6.45) is 3.90. The van der Waals surface area contributed by atoms with E-state index in [4.69, 9.17) is 5.26 Å². The number of hydrogen-bond donors (Lipinski definition) is 3. The second kappa shape index (κ2) is 7.35. The molecule has 0 aliphatic carbocycles. The van der Waals surface area contributed by atoms with E-state index in [1.54, 1.807) is 6.07 Å². The number of aromatic amines is 1. The largest absolute Gasteiger partial charge is 0.339 e. The molecule has 0 radical (unpaired) electrons. The van der Waals surface area contributed by atoms with E-state index in [1.807, 2.05) is 0 Å². The second-order valence-corrected chi connectivity index (χ2v) is 5.01. The van der Waals surface area contributed by atoms with Gasteiger partial charge in [-0.15, -0.1) is 0 Å². The van der Waals surface area contributed by atoms with Gasteiger partial charge in [0.05, 0.1) is 29.7 Å². The normalized spacial score (nSPS) is 10.2. The first kappa shape index (κ1) is 17.0. The van der Waals surface area contributed by atoms with Gasteiger partial charge in [0, 0.05) is 11.8 Å². The van der Waals surface area contributed by atoms with Crippen LogP contribution in [0.4, 0.5) is 20.4 Å². The van der Waals surface area contributed by atoms with Crippen LogP contribution < -0.4 is 10.6 Å². The lowest BCUT2D eigenvalue weighted by Gasteiger charge is -2.09. The minimum Gasteiger partial charge on any atom is -0.339 e. The van der Waals surface area contributed by atoms with Crippen molar-refractivity contribution >= 4 is 17.5 Å². The van der Waals surface area contributed by atoms with Crippen LogP contribution in [0, 0.1) is 23.0 Å². The third-order valence-electron chi connectivity index (χ3n) is 3.32. The Labute approximate surface area is 145 Å². The zero-order valence-electron chi connectivity index (χ0n) is 13.1. The van der Waals surface area contributed by atoms with E-state index in [0.717, 1.165) is 6.20 Å². The van der Waals surface area contributed by atoms with Gasteiger partial charge in [-0.1, -0.05) is 6.07 Å². The molecule has 0 aliphatic rings. The molecule has 0 bridgehead atoms. The van der Waals surface area contributed by atoms with Crippen LogP contribution >= 0.6 is 0 Å². The van der Waals surface area contributed by atoms with Crippen molar-refractivity contribution in [3.63, 3.8) is 0 Å². The highest BCUT2D eigenvalue weighted by Crippen LogP contribution is 2.27. The zero-order chi connectivity index (χ0) is 18.5. The van der Waals surface area contributed by atoms with Crippen molar-refractivity contribution in [1.82, 2.24) is 25.5 Å². The summed E-state index contributed by atoms with van der Waals surface area (Å²) in [4.78, 5) is 19.7. The van der Waals surface area contributed by atoms with Gasteiger partial charge in [0.2, 0.25) is 5.95 Å². The van der Waals surface area contributed by atoms with Gasteiger partial charge in [-0.05, 0) is 12.1 Å². The molecule has 26 heavy (non-hydrogen) atoms. The summed E-state index contributed by atoms with van der Waals surface area (Å²) in [5.74, 6) is -2.55. The van der Waals surface area contributed by atoms with Crippen molar-refractivity contribution in [3.05, 3.63) is 54.0 Å². The van der Waals surface area contributed by atoms with Crippen LogP contribution in [0.1, 0.15) is 10.4 Å². The van der Waals surface area contributed by atoms with E-state index < -0.39 is 17.5 Å². The van der Waals surface area contributed by atoms with E-state index in [1.165, 1.54) is 30.6 Å². The number of nitrogens with one attached hydrogen (secondary N) is 3. The summed E-state index contributed by atoms with van der Waals surface area (Å²) in [7, 11) is 0. The van der Waals surface area contributed by atoms with Crippen LogP contribution in [-0.2, 0) is 0 Å². The van der Waals surface area contributed by atoms with Crippen molar-refractivity contribution in [2.24, 2.45) is 0 Å². The first-order valence-electron chi connectivity index (χ1n) is 7.32. The molecule has 3 rings (SSSR count). The molecular formula is C16H11F2N7O. The highest BCUT2D eigenvalue weighted by Gasteiger charge is 2.19. The molecule has 0 saturated carbocycles. The molecule has 10 heteroatoms. The van der Waals surface area contributed by atoms with E-state index >= 15 is 0 Å². The van der Waals surface area contributed by atoms with E-state index in [9.17, 15) is 13.6 Å². The van der Waals surface area contributed by atoms with Gasteiger partial charge in [-0.2, -0.15) is 10.4 Å². The molecule has 0 spiro atoms. The minimum absolute atomic E-state index is 0.0292. The van der Waals surface area contributed by atoms with Crippen molar-refractivity contribution in [2.45, 2.75) is 0 Å². The molecule has 0 saturated heterocycles. The maximum Gasteiger partial charge on any atom is 0.255 e. The summed E-state index contributed by atoms with van der Waals surface area (Å²) in [6.45, 7) is -0.275. The Hall–Kier alpha value is -3.87. The lowest BCUT2D eigenvalue weighted by atomic mass is 10.1. The molecule has 1 amide bonds. The number of benzene rings is 1. The summed E-state index contributed by atoms with van der Waals surface area (Å²) in [6, 6.07) is 5.64. The van der Waals surface area contributed by atoms with Crippen LogP contribution in [0.15, 0.2) is 36.8 Å². The highest BCUT2D eigenvalue weighted by atomic mass is 19.1. The fraction of sp³-hybridized carbons (Fsp3) is 0.0625. The van der Waals surface area contributed by atoms with E-state index in [2.05, 4.69) is 30.8 Å². The molecule has 1 aromatic carbocycles. The number of H-pyrrole nitrogens is 1. The lowest BCUT2D eigenvalue weighted by molar-refractivity contribution is 0.0954. The first-order chi connectivity index (χ1) is 12.6. The van der Waals surface area contributed by atoms with Gasteiger partial charge >= 0.3 is 0 Å². The Morgan fingerprint density at radius 2 is 2.15 bits per heavy atom. The zero-order valence-corrected chi connectivity index (χ0v) is 13.1. The number of amides is 1. The fourth-order valence-corrected chi connectivity index (χ4v) is 2.17. The standard InChI is InChI=1S/C16H11F2N7O/c17-12-8-21-16(24-9-6-22-23-7-9)25-14(12)10-2-1-3-11(13(10)18)15(26)20-5-4-19/h1-3,6-8H,5H2,(H,20,26)(H,22,23)(H,21,24,25). The van der Waals surface area contributed by atoms with Crippen molar-refractivity contribution in [3.8, 4) is 17.3 Å². The Bertz CT molecular complexity index is 983. The number of anilines is 2. The fourth-order valence-electron chi connectivity index (χ4n) is 2.17. The van der Waals surface area contributed by atoms with Gasteiger partial charge in [0.25, 0.3) is 5.91 Å². The summed E-state index contributed by atoms with van der Waals surface area (Å²) >= 11 is 0. The summed E-state index contributed by atoms with van der Waals surface area (Å²) in [5, 5.41) is 19.8. The Morgan fingerprint density at radius 1 is 1.31 bits per heavy atom. The third kappa shape index (κ3) is 3.46. The molecule has 0 fully saturated rings. The number of carbonyl (C=O) groups is 1. The first-order valence-corrected chi connectivity index (χ1v) is 7.32. The number of carbonyl (C=O) groups excluding carboxylic acids is 1. The van der Waals surface area contributed by atoms with Gasteiger partial charge < -0.3 is 10.6 Å². The number of nitrogens with zero attached hydrogens (tertiary/aromatic N) is 4. The Kier molecular flexibility index (Phi) is 4.80. The lowest BCUT2D eigenvalue weighted by Crippen LogP contribution is -2.24. The molecule has 8 nitrogen and oxygen atoms in total. The molecule has 2 heterocycles. The molecule has 130 valence electrons. The van der Waals surface area contributed by atoms with Gasteiger partial charge in [-0.25, -0.2) is 18.7 Å². The molecule has 0 aliphatic heterocycles. The number of hydrogen-bond acceptors (Lipinski definition) is 6. The maximum atomic E-state index is 14.7. The average Bonchev–Trinajstić information content (AvgIpc) is 3.15. The predicted molar refractivity (Wildman–Crippen MR) is 87.2 cm³/mol. The number of rotatable bonds is 5. The molecule has 0 unspecified atom stereocenters. The Balaban J connectivity index is 1.98. The van der Waals surface area contributed by atoms with Gasteiger partial charge in [0.15, 0.2) is 5.82 Å². The average molecular weight is 355 g/mol. The molecule has 3 aromatic rings. The van der Waals surface area contributed by atoms with Crippen LogP contribution in [0.5, 0.6) is 0 Å². The quantitative estimate of drug-likeness (QED) is 0.603. The predicted octanol–water partition coefficient (Wildman–Crippen LogP) is 2.14. The van der Waals surface area contributed by atoms with Gasteiger partial charge in [0.1, 0.15) is 18.1 Å². The summed E-state index contributed by atoms with van der Waals surface area (Å²) < 4.78 is 28.9. The monoisotopic (exact) mass is 355 g/mol. The Morgan fingerprint density at radius 3 is 2.88 bits per heavy atom. The topological polar surface area (TPSA) is 119 Å². The SMILES string of the molecule is N#CCNC(=O)c1cccc(-c2nc(Nc3cn[nH]c3)ncc2F)c1F. The van der Waals surface area contributed by atoms with Crippen molar-refractivity contribution in [1.29, 1.82) is 5.26 Å². The van der Waals surface area contributed by atoms with Gasteiger partial charge in [-0.3, -0.25) is 9.89 Å². The highest BCUT2D eigenvalue weighted by molar-refractivity contribution is 5.95. The number of halogens is 2. The molecular weight excluding hydrogens is 344 g/mol. The van der Waals surface area contributed by atoms with E-state index in [0.29, 0.717) is 5.69 Å². The van der Waals surface area contributed by atoms with Crippen molar-refractivity contribution in [2.75, 3.05) is 11.9 Å². The van der Waals surface area contributed by atoms with Crippen LogP contribution in [0.2, 0.25) is 0 Å².